The normalized spacial score (nSPS) is 10.6. The second kappa shape index (κ2) is 7.98. The highest BCUT2D eigenvalue weighted by Gasteiger charge is 2.19. The van der Waals surface area contributed by atoms with Crippen molar-refractivity contribution in [1.82, 2.24) is 14.8 Å². The van der Waals surface area contributed by atoms with Gasteiger partial charge in [0.2, 0.25) is 5.78 Å². The Balaban J connectivity index is 1.51. The maximum atomic E-state index is 12.8. The number of pyridine rings is 1. The van der Waals surface area contributed by atoms with E-state index in [0.717, 1.165) is 5.69 Å². The van der Waals surface area contributed by atoms with Crippen molar-refractivity contribution < 1.29 is 9.59 Å². The minimum absolute atomic E-state index is 0.165. The molecule has 7 heteroatoms. The number of hydrogen-bond acceptors (Lipinski definition) is 5. The van der Waals surface area contributed by atoms with Crippen LogP contribution < -0.4 is 5.32 Å². The van der Waals surface area contributed by atoms with Gasteiger partial charge in [0.25, 0.3) is 5.91 Å². The molecule has 0 saturated carbocycles. The number of nitrogens with zero attached hydrogens (tertiary/aromatic N) is 3. The Bertz CT molecular complexity index is 1100. The van der Waals surface area contributed by atoms with Crippen LogP contribution in [0.5, 0.6) is 0 Å². The molecule has 0 unspecified atom stereocenters. The molecule has 0 aliphatic rings. The van der Waals surface area contributed by atoms with Crippen molar-refractivity contribution in [2.45, 2.75) is 6.54 Å². The number of anilines is 1. The van der Waals surface area contributed by atoms with Gasteiger partial charge in [-0.2, -0.15) is 5.10 Å². The van der Waals surface area contributed by atoms with Gasteiger partial charge in [0, 0.05) is 24.0 Å². The third kappa shape index (κ3) is 3.89. The Labute approximate surface area is 165 Å². The van der Waals surface area contributed by atoms with E-state index in [-0.39, 0.29) is 11.7 Å². The van der Waals surface area contributed by atoms with Crippen LogP contribution in [0.3, 0.4) is 0 Å². The van der Waals surface area contributed by atoms with E-state index < -0.39 is 0 Å². The minimum Gasteiger partial charge on any atom is -0.305 e. The third-order valence-corrected chi connectivity index (χ3v) is 4.96. The molecule has 3 heterocycles. The molecule has 138 valence electrons. The van der Waals surface area contributed by atoms with Crippen molar-refractivity contribution in [2.24, 2.45) is 0 Å². The summed E-state index contributed by atoms with van der Waals surface area (Å²) < 4.78 is 1.70. The molecule has 3 aromatic heterocycles. The monoisotopic (exact) mass is 388 g/mol. The van der Waals surface area contributed by atoms with E-state index in [1.54, 1.807) is 53.5 Å². The van der Waals surface area contributed by atoms with Crippen LogP contribution in [0.2, 0.25) is 0 Å². The predicted molar refractivity (Wildman–Crippen MR) is 108 cm³/mol. The SMILES string of the molecule is O=C(Nc1ccn(Cc2ccccn2)n1)c1ccccc1C(=O)c1cccs1. The highest BCUT2D eigenvalue weighted by molar-refractivity contribution is 7.12. The van der Waals surface area contributed by atoms with Gasteiger partial charge in [-0.05, 0) is 29.6 Å². The molecule has 4 rings (SSSR count). The first-order valence-corrected chi connectivity index (χ1v) is 9.50. The number of benzene rings is 1. The Kier molecular flexibility index (Phi) is 5.07. The fourth-order valence-corrected chi connectivity index (χ4v) is 3.46. The first-order chi connectivity index (χ1) is 13.7. The Morgan fingerprint density at radius 1 is 0.964 bits per heavy atom. The molecule has 4 aromatic rings. The summed E-state index contributed by atoms with van der Waals surface area (Å²) in [6.07, 6.45) is 3.50. The van der Waals surface area contributed by atoms with Crippen LogP contribution in [-0.4, -0.2) is 26.5 Å². The lowest BCUT2D eigenvalue weighted by Crippen LogP contribution is -2.17. The maximum absolute atomic E-state index is 12.8. The zero-order chi connectivity index (χ0) is 19.3. The number of amides is 1. The van der Waals surface area contributed by atoms with Crippen molar-refractivity contribution in [3.05, 3.63) is 100 Å². The highest BCUT2D eigenvalue weighted by Crippen LogP contribution is 2.19. The van der Waals surface area contributed by atoms with Crippen LogP contribution in [0.25, 0.3) is 0 Å². The van der Waals surface area contributed by atoms with E-state index in [9.17, 15) is 9.59 Å². The van der Waals surface area contributed by atoms with E-state index in [1.807, 2.05) is 29.6 Å². The van der Waals surface area contributed by atoms with Crippen LogP contribution in [0, 0.1) is 0 Å². The Morgan fingerprint density at radius 2 is 1.79 bits per heavy atom. The molecule has 0 aliphatic carbocycles. The molecular formula is C21H16N4O2S. The molecule has 0 bridgehead atoms. The molecule has 0 spiro atoms. The fourth-order valence-electron chi connectivity index (χ4n) is 2.78. The number of carbonyl (C=O) groups is 2. The molecule has 0 fully saturated rings. The number of nitrogens with one attached hydrogen (secondary N) is 1. The Morgan fingerprint density at radius 3 is 2.54 bits per heavy atom. The standard InChI is InChI=1S/C21H16N4O2S/c26-20(18-9-5-13-28-18)16-7-1-2-8-17(16)21(27)23-19-10-12-25(24-19)14-15-6-3-4-11-22-15/h1-13H,14H2,(H,23,24,27). The summed E-state index contributed by atoms with van der Waals surface area (Å²) in [6, 6.07) is 17.7. The third-order valence-electron chi connectivity index (χ3n) is 4.09. The van der Waals surface area contributed by atoms with E-state index in [1.165, 1.54) is 11.3 Å². The smallest absolute Gasteiger partial charge is 0.257 e. The van der Waals surface area contributed by atoms with Gasteiger partial charge in [0.15, 0.2) is 5.82 Å². The summed E-state index contributed by atoms with van der Waals surface area (Å²) in [5.41, 5.74) is 1.56. The second-order valence-corrected chi connectivity index (χ2v) is 6.97. The molecule has 1 aromatic carbocycles. The summed E-state index contributed by atoms with van der Waals surface area (Å²) in [4.78, 5) is 30.3. The molecule has 1 amide bonds. The van der Waals surface area contributed by atoms with Crippen molar-refractivity contribution >= 4 is 28.8 Å². The number of hydrogen-bond donors (Lipinski definition) is 1. The summed E-state index contributed by atoms with van der Waals surface area (Å²) >= 11 is 1.35. The predicted octanol–water partition coefficient (Wildman–Crippen LogP) is 3.87. The molecule has 0 atom stereocenters. The number of rotatable bonds is 6. The van der Waals surface area contributed by atoms with Gasteiger partial charge in [0.05, 0.1) is 22.7 Å². The van der Waals surface area contributed by atoms with Crippen LogP contribution in [0.4, 0.5) is 5.82 Å². The van der Waals surface area contributed by atoms with Crippen molar-refractivity contribution in [3.63, 3.8) is 0 Å². The van der Waals surface area contributed by atoms with Crippen LogP contribution >= 0.6 is 11.3 Å². The minimum atomic E-state index is -0.372. The van der Waals surface area contributed by atoms with E-state index >= 15 is 0 Å². The Hall–Kier alpha value is -3.58. The first kappa shape index (κ1) is 17.8. The van der Waals surface area contributed by atoms with E-state index in [4.69, 9.17) is 0 Å². The lowest BCUT2D eigenvalue weighted by atomic mass is 10.0. The van der Waals surface area contributed by atoms with Gasteiger partial charge >= 0.3 is 0 Å². The molecule has 28 heavy (non-hydrogen) atoms. The van der Waals surface area contributed by atoms with Crippen LogP contribution in [-0.2, 0) is 6.54 Å². The summed E-state index contributed by atoms with van der Waals surface area (Å²) in [6.45, 7) is 0.504. The molecule has 1 N–H and O–H groups in total. The lowest BCUT2D eigenvalue weighted by Gasteiger charge is -2.07. The molecular weight excluding hydrogens is 372 g/mol. The quantitative estimate of drug-likeness (QED) is 0.509. The van der Waals surface area contributed by atoms with Crippen molar-refractivity contribution in [1.29, 1.82) is 0 Å². The van der Waals surface area contributed by atoms with Gasteiger partial charge in [-0.3, -0.25) is 19.3 Å². The number of thiophene rings is 1. The topological polar surface area (TPSA) is 76.9 Å². The number of ketones is 1. The van der Waals surface area contributed by atoms with Gasteiger partial charge in [-0.15, -0.1) is 11.3 Å². The average Bonchev–Trinajstić information content (AvgIpc) is 3.41. The van der Waals surface area contributed by atoms with E-state index in [2.05, 4.69) is 15.4 Å². The zero-order valence-electron chi connectivity index (χ0n) is 14.8. The summed E-state index contributed by atoms with van der Waals surface area (Å²) in [5.74, 6) is -0.121. The van der Waals surface area contributed by atoms with Crippen molar-refractivity contribution in [2.75, 3.05) is 5.32 Å². The highest BCUT2D eigenvalue weighted by atomic mass is 32.1. The largest absolute Gasteiger partial charge is 0.305 e. The van der Waals surface area contributed by atoms with Gasteiger partial charge in [-0.25, -0.2) is 0 Å². The molecule has 6 nitrogen and oxygen atoms in total. The molecule has 0 aliphatic heterocycles. The second-order valence-electron chi connectivity index (χ2n) is 6.03. The summed E-state index contributed by atoms with van der Waals surface area (Å²) in [5, 5.41) is 8.96. The molecule has 0 radical (unpaired) electrons. The summed E-state index contributed by atoms with van der Waals surface area (Å²) in [7, 11) is 0. The lowest BCUT2D eigenvalue weighted by molar-refractivity contribution is 0.0997. The van der Waals surface area contributed by atoms with Crippen LogP contribution in [0.15, 0.2) is 78.4 Å². The van der Waals surface area contributed by atoms with Crippen molar-refractivity contribution in [3.8, 4) is 0 Å². The fraction of sp³-hybridized carbons (Fsp3) is 0.0476. The molecule has 0 saturated heterocycles. The first-order valence-electron chi connectivity index (χ1n) is 8.62. The maximum Gasteiger partial charge on any atom is 0.257 e. The van der Waals surface area contributed by atoms with Gasteiger partial charge < -0.3 is 5.32 Å². The van der Waals surface area contributed by atoms with Gasteiger partial charge in [0.1, 0.15) is 0 Å². The van der Waals surface area contributed by atoms with E-state index in [0.29, 0.717) is 28.4 Å². The average molecular weight is 388 g/mol. The zero-order valence-corrected chi connectivity index (χ0v) is 15.6. The van der Waals surface area contributed by atoms with Gasteiger partial charge in [-0.1, -0.05) is 30.3 Å². The van der Waals surface area contributed by atoms with Crippen LogP contribution in [0.1, 0.15) is 31.3 Å². The number of aromatic nitrogens is 3. The number of carbonyl (C=O) groups excluding carboxylic acids is 2.